The number of thiazole rings is 1. The highest BCUT2D eigenvalue weighted by Gasteiger charge is 2.54. The van der Waals surface area contributed by atoms with Gasteiger partial charge in [-0.05, 0) is 6.07 Å². The van der Waals surface area contributed by atoms with Crippen LogP contribution < -0.4 is 21.4 Å². The number of nitrogens with two attached hydrogens (primary N) is 2. The minimum Gasteiger partial charge on any atom is -0.477 e. The Morgan fingerprint density at radius 1 is 1.30 bits per heavy atom. The van der Waals surface area contributed by atoms with E-state index in [-0.39, 0.29) is 23.1 Å². The first kappa shape index (κ1) is 24.6. The van der Waals surface area contributed by atoms with Gasteiger partial charge in [-0.25, -0.2) is 14.3 Å². The number of aliphatic carboxylic acids is 1. The highest BCUT2D eigenvalue weighted by Crippen LogP contribution is 2.40. The molecule has 190 valence electrons. The Balaban J connectivity index is 1.34. The molecule has 0 aromatic carbocycles. The zero-order valence-electron chi connectivity index (χ0n) is 18.6. The maximum absolute atomic E-state index is 13.0. The number of nitrogens with zero attached hydrogens (tertiary/aromatic N) is 6. The van der Waals surface area contributed by atoms with Crippen molar-refractivity contribution in [3.63, 3.8) is 0 Å². The Labute approximate surface area is 220 Å². The summed E-state index contributed by atoms with van der Waals surface area (Å²) in [4.78, 5) is 47.1. The summed E-state index contributed by atoms with van der Waals surface area (Å²) in [6.45, 7) is 0.211. The Morgan fingerprint density at radius 3 is 2.76 bits per heavy atom. The van der Waals surface area contributed by atoms with E-state index >= 15 is 0 Å². The number of hydrogen-bond donors (Lipinski definition) is 5. The van der Waals surface area contributed by atoms with Crippen LogP contribution in [0.5, 0.6) is 0 Å². The Kier molecular flexibility index (Phi) is 6.48. The van der Waals surface area contributed by atoms with Crippen molar-refractivity contribution in [2.75, 3.05) is 17.2 Å². The molecule has 1 fully saturated rings. The van der Waals surface area contributed by atoms with Gasteiger partial charge in [0.05, 0.1) is 5.56 Å². The minimum absolute atomic E-state index is 0.0608. The standard InChI is InChI=1S/C20H17N9O5S3/c21-19-23-10(7-36-19)11(26-34)15(30)24-12-16(31)29-13(18(32)33)9(6-35-17(12)29)5-28-3-1-2-8(4-28)14-25-20(22)37-27-14/h1-4,7,12,17H,5-6H2,(H6-,21,22,23,24,25,27,30,32,33,34)/p+1/t12-,17+/m1/s1. The van der Waals surface area contributed by atoms with Crippen LogP contribution in [0.2, 0.25) is 0 Å². The van der Waals surface area contributed by atoms with Crippen molar-refractivity contribution in [3.05, 3.63) is 46.9 Å². The van der Waals surface area contributed by atoms with Gasteiger partial charge in [-0.1, -0.05) is 5.16 Å². The number of pyridine rings is 1. The molecule has 2 amide bonds. The predicted molar refractivity (Wildman–Crippen MR) is 134 cm³/mol. The average Bonchev–Trinajstić information content (AvgIpc) is 3.51. The van der Waals surface area contributed by atoms with Crippen LogP contribution in [-0.4, -0.2) is 70.2 Å². The lowest BCUT2D eigenvalue weighted by molar-refractivity contribution is -0.688. The van der Waals surface area contributed by atoms with E-state index in [1.54, 1.807) is 23.0 Å². The minimum atomic E-state index is -1.25. The summed E-state index contributed by atoms with van der Waals surface area (Å²) in [6, 6.07) is 2.59. The van der Waals surface area contributed by atoms with Crippen LogP contribution in [-0.2, 0) is 20.9 Å². The number of aromatic nitrogens is 4. The number of hydrogen-bond acceptors (Lipinski definition) is 13. The molecule has 2 aliphatic heterocycles. The van der Waals surface area contributed by atoms with Crippen LogP contribution in [0.25, 0.3) is 11.4 Å². The van der Waals surface area contributed by atoms with Gasteiger partial charge in [0.15, 0.2) is 40.7 Å². The molecule has 5 rings (SSSR count). The van der Waals surface area contributed by atoms with Gasteiger partial charge in [-0.15, -0.1) is 23.1 Å². The largest absolute Gasteiger partial charge is 0.477 e. The van der Waals surface area contributed by atoms with Crippen molar-refractivity contribution < 1.29 is 29.3 Å². The average molecular weight is 561 g/mol. The second kappa shape index (κ2) is 9.75. The third-order valence-corrected chi connectivity index (χ3v) is 8.10. The Bertz CT molecular complexity index is 1480. The molecule has 0 saturated carbocycles. The number of nitrogens with one attached hydrogen (secondary N) is 1. The Hall–Kier alpha value is -4.09. The monoisotopic (exact) mass is 560 g/mol. The SMILES string of the molecule is Nc1nc(C(=NO)C(=O)N[C@@H]2C(=O)N3C(C(=O)O)=C(C[n+]4cccc(-c5nsc(N)n5)c4)CS[C@@H]23)cs1. The predicted octanol–water partition coefficient (Wildman–Crippen LogP) is -0.269. The third kappa shape index (κ3) is 4.58. The molecule has 0 spiro atoms. The second-order valence-electron chi connectivity index (χ2n) is 7.86. The van der Waals surface area contributed by atoms with Gasteiger partial charge in [-0.3, -0.25) is 14.5 Å². The van der Waals surface area contributed by atoms with Crippen molar-refractivity contribution in [2.24, 2.45) is 5.16 Å². The van der Waals surface area contributed by atoms with Gasteiger partial charge < -0.3 is 27.1 Å². The van der Waals surface area contributed by atoms with Crippen molar-refractivity contribution in [1.82, 2.24) is 24.6 Å². The molecule has 1 saturated heterocycles. The molecule has 0 unspecified atom stereocenters. The highest BCUT2D eigenvalue weighted by atomic mass is 32.2. The van der Waals surface area contributed by atoms with E-state index in [1.807, 2.05) is 6.07 Å². The number of thioether (sulfide) groups is 1. The summed E-state index contributed by atoms with van der Waals surface area (Å²) in [5.41, 5.74) is 12.0. The fourth-order valence-corrected chi connectivity index (χ4v) is 6.29. The van der Waals surface area contributed by atoms with E-state index in [1.165, 1.54) is 22.0 Å². The zero-order chi connectivity index (χ0) is 26.3. The summed E-state index contributed by atoms with van der Waals surface area (Å²) in [7, 11) is 0. The maximum Gasteiger partial charge on any atom is 0.352 e. The lowest BCUT2D eigenvalue weighted by Crippen LogP contribution is -2.71. The summed E-state index contributed by atoms with van der Waals surface area (Å²) in [6.07, 6.45) is 3.54. The van der Waals surface area contributed by atoms with Crippen molar-refractivity contribution in [1.29, 1.82) is 0 Å². The smallest absolute Gasteiger partial charge is 0.352 e. The van der Waals surface area contributed by atoms with Crippen molar-refractivity contribution in [2.45, 2.75) is 18.0 Å². The molecule has 3 aromatic heterocycles. The highest BCUT2D eigenvalue weighted by molar-refractivity contribution is 8.00. The van der Waals surface area contributed by atoms with E-state index < -0.39 is 34.9 Å². The molecule has 2 aliphatic rings. The molecule has 0 bridgehead atoms. The van der Waals surface area contributed by atoms with Crippen LogP contribution in [0.3, 0.4) is 0 Å². The number of rotatable bonds is 7. The zero-order valence-corrected chi connectivity index (χ0v) is 21.1. The summed E-state index contributed by atoms with van der Waals surface area (Å²) >= 11 is 3.45. The van der Waals surface area contributed by atoms with Gasteiger partial charge in [0.2, 0.25) is 0 Å². The van der Waals surface area contributed by atoms with E-state index in [0.717, 1.165) is 22.9 Å². The van der Waals surface area contributed by atoms with E-state index in [2.05, 4.69) is 24.8 Å². The van der Waals surface area contributed by atoms with Gasteiger partial charge >= 0.3 is 5.97 Å². The van der Waals surface area contributed by atoms with Gasteiger partial charge in [0.25, 0.3) is 11.8 Å². The fourth-order valence-electron chi connectivity index (χ4n) is 3.95. The number of β-lactam (4-membered cyclic amide) rings is 1. The molecule has 7 N–H and O–H groups in total. The first-order chi connectivity index (χ1) is 17.8. The number of carboxylic acid groups (broad SMARTS) is 1. The summed E-state index contributed by atoms with van der Waals surface area (Å²) < 4.78 is 5.97. The summed E-state index contributed by atoms with van der Waals surface area (Å²) in [5.74, 6) is -1.90. The normalized spacial score (nSPS) is 19.4. The number of anilines is 2. The molecule has 3 aromatic rings. The molecule has 37 heavy (non-hydrogen) atoms. The van der Waals surface area contributed by atoms with Gasteiger partial charge in [0.1, 0.15) is 22.8 Å². The number of amides is 2. The molecule has 2 atom stereocenters. The number of oxime groups is 1. The first-order valence-electron chi connectivity index (χ1n) is 10.5. The second-order valence-corrected chi connectivity index (χ2v) is 10.6. The number of carbonyl (C=O) groups is 3. The molecule has 0 aliphatic carbocycles. The van der Waals surface area contributed by atoms with Crippen LogP contribution in [0.15, 0.2) is 46.3 Å². The van der Waals surface area contributed by atoms with Crippen LogP contribution >= 0.6 is 34.6 Å². The molecule has 5 heterocycles. The number of carbonyl (C=O) groups excluding carboxylic acids is 2. The lowest BCUT2D eigenvalue weighted by atomic mass is 10.0. The molecular formula is C20H18N9O5S3+. The summed E-state index contributed by atoms with van der Waals surface area (Å²) in [5, 5.41) is 26.1. The van der Waals surface area contributed by atoms with Crippen LogP contribution in [0, 0.1) is 0 Å². The Morgan fingerprint density at radius 2 is 2.11 bits per heavy atom. The van der Waals surface area contributed by atoms with Gasteiger partial charge in [-0.2, -0.15) is 9.36 Å². The maximum atomic E-state index is 13.0. The molecule has 17 heteroatoms. The fraction of sp³-hybridized carbons (Fsp3) is 0.200. The third-order valence-electron chi connectivity index (χ3n) is 5.55. The number of fused-ring (bicyclic) bond motifs is 1. The molecule has 0 radical (unpaired) electrons. The van der Waals surface area contributed by atoms with E-state index in [0.29, 0.717) is 27.8 Å². The number of nitrogen functional groups attached to an aromatic ring is 2. The lowest BCUT2D eigenvalue weighted by Gasteiger charge is -2.49. The topological polar surface area (TPSA) is 214 Å². The van der Waals surface area contributed by atoms with Crippen LogP contribution in [0.1, 0.15) is 5.69 Å². The quantitative estimate of drug-likeness (QED) is 0.0833. The van der Waals surface area contributed by atoms with E-state index in [9.17, 15) is 24.7 Å². The first-order valence-corrected chi connectivity index (χ1v) is 13.2. The van der Waals surface area contributed by atoms with Crippen LogP contribution in [0.4, 0.5) is 10.3 Å². The van der Waals surface area contributed by atoms with Gasteiger partial charge in [0, 0.05) is 34.3 Å². The molecular weight excluding hydrogens is 542 g/mol. The van der Waals surface area contributed by atoms with Crippen molar-refractivity contribution >= 4 is 68.4 Å². The number of carboxylic acids is 1. The van der Waals surface area contributed by atoms with Crippen molar-refractivity contribution in [3.8, 4) is 11.4 Å². The molecule has 14 nitrogen and oxygen atoms in total. The van der Waals surface area contributed by atoms with E-state index in [4.69, 9.17) is 11.5 Å².